The normalized spacial score (nSPS) is 14.9. The summed E-state index contributed by atoms with van der Waals surface area (Å²) in [5.41, 5.74) is 19.4. The predicted octanol–water partition coefficient (Wildman–Crippen LogP) is 9.50. The van der Waals surface area contributed by atoms with Gasteiger partial charge in [-0.1, -0.05) is 95.6 Å². The van der Waals surface area contributed by atoms with Gasteiger partial charge in [-0.3, -0.25) is 0 Å². The van der Waals surface area contributed by atoms with Gasteiger partial charge in [0.2, 0.25) is 0 Å². The maximum absolute atomic E-state index is 2.48. The van der Waals surface area contributed by atoms with Gasteiger partial charge in [0.25, 0.3) is 0 Å². The molecule has 172 valence electrons. The minimum atomic E-state index is 1.14. The van der Waals surface area contributed by atoms with E-state index in [-0.39, 0.29) is 0 Å². The lowest BCUT2D eigenvalue weighted by Gasteiger charge is -2.22. The van der Waals surface area contributed by atoms with Gasteiger partial charge in [0.1, 0.15) is 0 Å². The lowest BCUT2D eigenvalue weighted by molar-refractivity contribution is 0.845. The minimum Gasteiger partial charge on any atom is -0.0587 e. The summed E-state index contributed by atoms with van der Waals surface area (Å²) >= 11 is 0. The van der Waals surface area contributed by atoms with E-state index in [0.717, 1.165) is 12.8 Å². The quantitative estimate of drug-likeness (QED) is 0.290. The number of rotatable bonds is 3. The fourth-order valence-corrected chi connectivity index (χ4v) is 5.87. The molecule has 0 unspecified atom stereocenters. The van der Waals surface area contributed by atoms with Gasteiger partial charge >= 0.3 is 0 Å². The molecule has 0 N–H and O–H groups in total. The number of hydrogen-bond acceptors (Lipinski definition) is 0. The van der Waals surface area contributed by atoms with Gasteiger partial charge in [-0.25, -0.2) is 0 Å². The molecule has 6 rings (SSSR count). The van der Waals surface area contributed by atoms with Crippen molar-refractivity contribution in [2.75, 3.05) is 0 Å². The third kappa shape index (κ3) is 3.78. The number of benzene rings is 4. The van der Waals surface area contributed by atoms with Gasteiger partial charge in [-0.05, 0) is 114 Å². The van der Waals surface area contributed by atoms with Crippen LogP contribution >= 0.6 is 0 Å². The largest absolute Gasteiger partial charge is 0.0587 e. The molecule has 0 bridgehead atoms. The van der Waals surface area contributed by atoms with E-state index < -0.39 is 0 Å². The first-order valence-corrected chi connectivity index (χ1v) is 12.8. The highest BCUT2D eigenvalue weighted by molar-refractivity contribution is 6.13. The molecular weight excluding hydrogens is 420 g/mol. The van der Waals surface area contributed by atoms with Crippen LogP contribution in [0.4, 0.5) is 0 Å². The molecule has 0 fully saturated rings. The van der Waals surface area contributed by atoms with Crippen LogP contribution in [0.3, 0.4) is 0 Å². The SMILES string of the molecule is Cc1ccc(C2=C3C(=C(c4ccc(C)cc4)c4cc(C)c(-c5ccc(C)cc5)cc43)CCC2)cc1. The molecule has 0 saturated heterocycles. The van der Waals surface area contributed by atoms with Crippen molar-refractivity contribution in [3.05, 3.63) is 135 Å². The molecule has 0 aliphatic heterocycles. The van der Waals surface area contributed by atoms with Gasteiger partial charge in [0.05, 0.1) is 0 Å². The molecule has 0 heterocycles. The van der Waals surface area contributed by atoms with Crippen LogP contribution in [-0.2, 0) is 0 Å². The van der Waals surface area contributed by atoms with Crippen LogP contribution in [0.5, 0.6) is 0 Å². The molecule has 4 aromatic carbocycles. The highest BCUT2D eigenvalue weighted by Gasteiger charge is 2.32. The maximum atomic E-state index is 2.48. The molecule has 0 heteroatoms. The molecule has 0 aromatic heterocycles. The van der Waals surface area contributed by atoms with Crippen molar-refractivity contribution in [2.45, 2.75) is 47.0 Å². The Kier molecular flexibility index (Phi) is 5.33. The summed E-state index contributed by atoms with van der Waals surface area (Å²) in [6.07, 6.45) is 3.48. The summed E-state index contributed by atoms with van der Waals surface area (Å²) in [7, 11) is 0. The molecule has 4 aromatic rings. The van der Waals surface area contributed by atoms with E-state index in [1.54, 1.807) is 0 Å². The van der Waals surface area contributed by atoms with E-state index >= 15 is 0 Å². The fourth-order valence-electron chi connectivity index (χ4n) is 5.87. The molecule has 0 atom stereocenters. The number of aryl methyl sites for hydroxylation is 4. The minimum absolute atomic E-state index is 1.14. The van der Waals surface area contributed by atoms with Crippen LogP contribution in [0.15, 0.2) is 90.5 Å². The molecule has 0 nitrogen and oxygen atoms in total. The van der Waals surface area contributed by atoms with E-state index in [4.69, 9.17) is 0 Å². The second-order valence-electron chi connectivity index (χ2n) is 10.4. The number of allylic oxidation sites excluding steroid dienone is 3. The van der Waals surface area contributed by atoms with E-state index in [2.05, 4.69) is 113 Å². The number of hydrogen-bond donors (Lipinski definition) is 0. The average molecular weight is 453 g/mol. The van der Waals surface area contributed by atoms with Gasteiger partial charge in [0.15, 0.2) is 0 Å². The Balaban J connectivity index is 1.64. The van der Waals surface area contributed by atoms with E-state index in [9.17, 15) is 0 Å². The summed E-state index contributed by atoms with van der Waals surface area (Å²) in [5.74, 6) is 0. The molecule has 35 heavy (non-hydrogen) atoms. The highest BCUT2D eigenvalue weighted by Crippen LogP contribution is 2.53. The third-order valence-electron chi connectivity index (χ3n) is 7.76. The summed E-state index contributed by atoms with van der Waals surface area (Å²) in [6.45, 7) is 8.77. The topological polar surface area (TPSA) is 0 Å². The molecular formula is C35H32. The maximum Gasteiger partial charge on any atom is -0.00667 e. The second-order valence-corrected chi connectivity index (χ2v) is 10.4. The van der Waals surface area contributed by atoms with Crippen molar-refractivity contribution in [2.24, 2.45) is 0 Å². The summed E-state index contributed by atoms with van der Waals surface area (Å²) in [4.78, 5) is 0. The van der Waals surface area contributed by atoms with Crippen LogP contribution < -0.4 is 0 Å². The Morgan fingerprint density at radius 2 is 0.914 bits per heavy atom. The zero-order valence-corrected chi connectivity index (χ0v) is 21.2. The second kappa shape index (κ2) is 8.54. The van der Waals surface area contributed by atoms with Crippen molar-refractivity contribution < 1.29 is 0 Å². The number of fused-ring (bicyclic) bond motifs is 3. The van der Waals surface area contributed by atoms with Crippen molar-refractivity contribution >= 4 is 16.7 Å². The van der Waals surface area contributed by atoms with Gasteiger partial charge in [-0.2, -0.15) is 0 Å². The van der Waals surface area contributed by atoms with Gasteiger partial charge in [0, 0.05) is 0 Å². The Bertz CT molecular complexity index is 1490. The predicted molar refractivity (Wildman–Crippen MR) is 150 cm³/mol. The fraction of sp³-hybridized carbons (Fsp3) is 0.200. The highest BCUT2D eigenvalue weighted by atomic mass is 14.4. The molecule has 0 amide bonds. The zero-order chi connectivity index (χ0) is 24.1. The van der Waals surface area contributed by atoms with E-state index in [1.165, 1.54) is 84.3 Å². The monoisotopic (exact) mass is 452 g/mol. The first-order chi connectivity index (χ1) is 17.0. The van der Waals surface area contributed by atoms with Crippen LogP contribution in [0, 0.1) is 27.7 Å². The average Bonchev–Trinajstić information content (AvgIpc) is 3.18. The van der Waals surface area contributed by atoms with E-state index in [1.807, 2.05) is 0 Å². The first-order valence-electron chi connectivity index (χ1n) is 12.8. The molecule has 2 aliphatic carbocycles. The smallest absolute Gasteiger partial charge is 0.00667 e. The molecule has 0 spiro atoms. The van der Waals surface area contributed by atoms with Crippen molar-refractivity contribution in [1.29, 1.82) is 0 Å². The van der Waals surface area contributed by atoms with Crippen molar-refractivity contribution in [3.8, 4) is 11.1 Å². The zero-order valence-electron chi connectivity index (χ0n) is 21.2. The Morgan fingerprint density at radius 3 is 1.51 bits per heavy atom. The van der Waals surface area contributed by atoms with Gasteiger partial charge < -0.3 is 0 Å². The standard InChI is InChI=1S/C35H32/c1-22-8-14-26(15-9-22)29-6-5-7-30-34(28-18-12-24(3)13-19-28)32-20-25(4)31(21-33(32)35(29)30)27-16-10-23(2)11-17-27/h8-21H,5-7H2,1-4H3. The summed E-state index contributed by atoms with van der Waals surface area (Å²) < 4.78 is 0. The van der Waals surface area contributed by atoms with Crippen LogP contribution in [-0.4, -0.2) is 0 Å². The Morgan fingerprint density at radius 1 is 0.429 bits per heavy atom. The van der Waals surface area contributed by atoms with Crippen LogP contribution in [0.1, 0.15) is 63.8 Å². The van der Waals surface area contributed by atoms with Gasteiger partial charge in [-0.15, -0.1) is 0 Å². The van der Waals surface area contributed by atoms with Crippen molar-refractivity contribution in [1.82, 2.24) is 0 Å². The molecule has 0 saturated carbocycles. The first kappa shape index (κ1) is 21.9. The lowest BCUT2D eigenvalue weighted by Crippen LogP contribution is -2.01. The summed E-state index contributed by atoms with van der Waals surface area (Å²) in [5, 5.41) is 0. The van der Waals surface area contributed by atoms with Crippen LogP contribution in [0.25, 0.3) is 27.8 Å². The van der Waals surface area contributed by atoms with Crippen molar-refractivity contribution in [3.63, 3.8) is 0 Å². The Labute approximate surface area is 209 Å². The Hall–Kier alpha value is -3.64. The van der Waals surface area contributed by atoms with Crippen LogP contribution in [0.2, 0.25) is 0 Å². The lowest BCUT2D eigenvalue weighted by atomic mass is 9.82. The molecule has 2 aliphatic rings. The summed E-state index contributed by atoms with van der Waals surface area (Å²) in [6, 6.07) is 32.2. The van der Waals surface area contributed by atoms with E-state index in [0.29, 0.717) is 0 Å². The third-order valence-corrected chi connectivity index (χ3v) is 7.76. The molecule has 0 radical (unpaired) electrons.